The first-order chi connectivity index (χ1) is 9.15. The van der Waals surface area contributed by atoms with E-state index >= 15 is 0 Å². The molecule has 1 rings (SSSR count). The Morgan fingerprint density at radius 2 is 2.00 bits per heavy atom. The molecule has 0 amide bonds. The molecule has 20 heavy (non-hydrogen) atoms. The molecule has 0 aliphatic carbocycles. The fourth-order valence-corrected chi connectivity index (χ4v) is 2.15. The minimum atomic E-state index is -2.89. The lowest BCUT2D eigenvalue weighted by atomic mass is 9.85. The lowest BCUT2D eigenvalue weighted by molar-refractivity contribution is 0.0168. The second-order valence-electron chi connectivity index (χ2n) is 5.30. The molecule has 1 aromatic carbocycles. The summed E-state index contributed by atoms with van der Waals surface area (Å²) in [5.41, 5.74) is 7.28. The van der Waals surface area contributed by atoms with Crippen molar-refractivity contribution in [2.24, 2.45) is 10.7 Å². The van der Waals surface area contributed by atoms with Gasteiger partial charge >= 0.3 is 0 Å². The van der Waals surface area contributed by atoms with Crippen LogP contribution in [0.25, 0.3) is 0 Å². The number of aliphatic imine (C=N–C) groups is 1. The zero-order valence-corrected chi connectivity index (χ0v) is 12.5. The molecule has 0 saturated carbocycles. The van der Waals surface area contributed by atoms with Gasteiger partial charge < -0.3 is 5.73 Å². The van der Waals surface area contributed by atoms with Crippen LogP contribution in [0.15, 0.2) is 36.0 Å². The molecular formula is C16H22F2N2. The van der Waals surface area contributed by atoms with Crippen LogP contribution in [0.1, 0.15) is 43.9 Å². The maximum atomic E-state index is 13.6. The van der Waals surface area contributed by atoms with Crippen molar-refractivity contribution in [2.75, 3.05) is 0 Å². The van der Waals surface area contributed by atoms with Gasteiger partial charge in [0.25, 0.3) is 5.92 Å². The van der Waals surface area contributed by atoms with Crippen molar-refractivity contribution in [3.05, 3.63) is 47.7 Å². The standard InChI is InChI=1S/C16H22F2N2/c1-6-15(4,19)14(20-7-2)12-9-8-10-13(11(12)3)16(5,17)18/h7-10H,2,6,19H2,1,3-5H3. The molecule has 110 valence electrons. The highest BCUT2D eigenvalue weighted by atomic mass is 19.3. The molecule has 4 heteroatoms. The van der Waals surface area contributed by atoms with Gasteiger partial charge in [-0.1, -0.05) is 31.7 Å². The summed E-state index contributed by atoms with van der Waals surface area (Å²) in [6, 6.07) is 4.82. The van der Waals surface area contributed by atoms with Crippen LogP contribution in [0.5, 0.6) is 0 Å². The first-order valence-corrected chi connectivity index (χ1v) is 6.61. The highest BCUT2D eigenvalue weighted by molar-refractivity contribution is 6.08. The summed E-state index contributed by atoms with van der Waals surface area (Å²) >= 11 is 0. The molecule has 0 saturated heterocycles. The lowest BCUT2D eigenvalue weighted by Gasteiger charge is -2.27. The van der Waals surface area contributed by atoms with Crippen molar-refractivity contribution in [2.45, 2.75) is 45.6 Å². The number of nitrogens with two attached hydrogens (primary N) is 1. The molecular weight excluding hydrogens is 258 g/mol. The van der Waals surface area contributed by atoms with E-state index in [1.165, 1.54) is 12.3 Å². The molecule has 0 aliphatic heterocycles. The number of alkyl halides is 2. The van der Waals surface area contributed by atoms with Crippen molar-refractivity contribution < 1.29 is 8.78 Å². The Balaban J connectivity index is 3.53. The van der Waals surface area contributed by atoms with Crippen molar-refractivity contribution in [3.63, 3.8) is 0 Å². The van der Waals surface area contributed by atoms with Crippen LogP contribution in [-0.2, 0) is 5.92 Å². The Morgan fingerprint density at radius 1 is 1.40 bits per heavy atom. The minimum absolute atomic E-state index is 0.00124. The highest BCUT2D eigenvalue weighted by Gasteiger charge is 2.31. The molecule has 1 atom stereocenters. The van der Waals surface area contributed by atoms with Crippen molar-refractivity contribution in [1.29, 1.82) is 0 Å². The van der Waals surface area contributed by atoms with Crippen molar-refractivity contribution in [1.82, 2.24) is 0 Å². The van der Waals surface area contributed by atoms with Crippen LogP contribution in [0.3, 0.4) is 0 Å². The number of hydrogen-bond acceptors (Lipinski definition) is 2. The Labute approximate surface area is 119 Å². The minimum Gasteiger partial charge on any atom is -0.320 e. The fourth-order valence-electron chi connectivity index (χ4n) is 2.15. The van der Waals surface area contributed by atoms with Crippen LogP contribution in [0, 0.1) is 6.92 Å². The summed E-state index contributed by atoms with van der Waals surface area (Å²) in [5, 5.41) is 0. The number of rotatable bonds is 5. The third-order valence-electron chi connectivity index (χ3n) is 3.56. The zero-order valence-electron chi connectivity index (χ0n) is 12.5. The van der Waals surface area contributed by atoms with Gasteiger partial charge in [-0.25, -0.2) is 8.78 Å². The van der Waals surface area contributed by atoms with Crippen LogP contribution < -0.4 is 5.73 Å². The molecule has 0 bridgehead atoms. The fraction of sp³-hybridized carbons (Fsp3) is 0.438. The summed E-state index contributed by atoms with van der Waals surface area (Å²) in [7, 11) is 0. The second kappa shape index (κ2) is 5.83. The smallest absolute Gasteiger partial charge is 0.270 e. The SMILES string of the molecule is C=CN=C(c1cccc(C(C)(F)F)c1C)C(C)(N)CC. The average Bonchev–Trinajstić information content (AvgIpc) is 2.35. The summed E-state index contributed by atoms with van der Waals surface area (Å²) in [6.45, 7) is 9.93. The van der Waals surface area contributed by atoms with E-state index in [4.69, 9.17) is 5.73 Å². The monoisotopic (exact) mass is 280 g/mol. The predicted molar refractivity (Wildman–Crippen MR) is 80.4 cm³/mol. The summed E-state index contributed by atoms with van der Waals surface area (Å²) in [6.07, 6.45) is 2.04. The molecule has 1 unspecified atom stereocenters. The normalized spacial score (nSPS) is 15.8. The quantitative estimate of drug-likeness (QED) is 0.808. The van der Waals surface area contributed by atoms with E-state index in [1.807, 2.05) is 13.8 Å². The van der Waals surface area contributed by atoms with Crippen LogP contribution in [0.2, 0.25) is 0 Å². The summed E-state index contributed by atoms with van der Waals surface area (Å²) in [5.74, 6) is -2.89. The third-order valence-corrected chi connectivity index (χ3v) is 3.56. The first-order valence-electron chi connectivity index (χ1n) is 6.61. The van der Waals surface area contributed by atoms with Crippen LogP contribution in [0.4, 0.5) is 8.78 Å². The van der Waals surface area contributed by atoms with Gasteiger partial charge in [0.1, 0.15) is 0 Å². The van der Waals surface area contributed by atoms with E-state index in [9.17, 15) is 8.78 Å². The molecule has 2 N–H and O–H groups in total. The van der Waals surface area contributed by atoms with Crippen molar-refractivity contribution >= 4 is 5.71 Å². The average molecular weight is 280 g/mol. The number of hydrogen-bond donors (Lipinski definition) is 1. The lowest BCUT2D eigenvalue weighted by Crippen LogP contribution is -2.45. The van der Waals surface area contributed by atoms with Gasteiger partial charge in [-0.3, -0.25) is 4.99 Å². The molecule has 0 radical (unpaired) electrons. The number of halogens is 2. The van der Waals surface area contributed by atoms with Gasteiger partial charge in [-0.2, -0.15) is 0 Å². The Bertz CT molecular complexity index is 526. The third kappa shape index (κ3) is 3.31. The van der Waals surface area contributed by atoms with E-state index < -0.39 is 11.5 Å². The Morgan fingerprint density at radius 3 is 2.45 bits per heavy atom. The first kappa shape index (κ1) is 16.5. The van der Waals surface area contributed by atoms with Gasteiger partial charge in [-0.15, -0.1) is 0 Å². The molecule has 0 heterocycles. The zero-order chi connectivity index (χ0) is 15.6. The summed E-state index contributed by atoms with van der Waals surface area (Å²) < 4.78 is 27.3. The van der Waals surface area contributed by atoms with E-state index in [0.717, 1.165) is 6.92 Å². The maximum Gasteiger partial charge on any atom is 0.270 e. The largest absolute Gasteiger partial charge is 0.320 e. The molecule has 0 aliphatic rings. The van der Waals surface area contributed by atoms with E-state index in [2.05, 4.69) is 11.6 Å². The molecule has 0 fully saturated rings. The van der Waals surface area contributed by atoms with E-state index in [1.54, 1.807) is 19.1 Å². The predicted octanol–water partition coefficient (Wildman–Crippen LogP) is 4.17. The topological polar surface area (TPSA) is 38.4 Å². The van der Waals surface area contributed by atoms with Crippen LogP contribution >= 0.6 is 0 Å². The molecule has 0 aromatic heterocycles. The summed E-state index contributed by atoms with van der Waals surface area (Å²) in [4.78, 5) is 4.23. The number of nitrogens with zero attached hydrogens (tertiary/aromatic N) is 1. The van der Waals surface area contributed by atoms with Gasteiger partial charge in [0.05, 0.1) is 11.3 Å². The van der Waals surface area contributed by atoms with E-state index in [-0.39, 0.29) is 5.56 Å². The number of benzene rings is 1. The second-order valence-corrected chi connectivity index (χ2v) is 5.30. The van der Waals surface area contributed by atoms with Crippen molar-refractivity contribution in [3.8, 4) is 0 Å². The molecule has 2 nitrogen and oxygen atoms in total. The maximum absolute atomic E-state index is 13.6. The van der Waals surface area contributed by atoms with Crippen LogP contribution in [-0.4, -0.2) is 11.3 Å². The van der Waals surface area contributed by atoms with Gasteiger partial charge in [-0.05, 0) is 25.8 Å². The van der Waals surface area contributed by atoms with Gasteiger partial charge in [0.2, 0.25) is 0 Å². The Kier molecular flexibility index (Phi) is 4.81. The molecule has 0 spiro atoms. The Hall–Kier alpha value is -1.55. The van der Waals surface area contributed by atoms with Gasteiger partial charge in [0, 0.05) is 24.3 Å². The van der Waals surface area contributed by atoms with E-state index in [0.29, 0.717) is 23.3 Å². The highest BCUT2D eigenvalue weighted by Crippen LogP contribution is 2.32. The van der Waals surface area contributed by atoms with Gasteiger partial charge in [0.15, 0.2) is 0 Å². The molecule has 1 aromatic rings.